The van der Waals surface area contributed by atoms with Crippen LogP contribution in [0.1, 0.15) is 17.0 Å². The fourth-order valence-corrected chi connectivity index (χ4v) is 2.44. The van der Waals surface area contributed by atoms with E-state index >= 15 is 0 Å². The zero-order valence-electron chi connectivity index (χ0n) is 13.4. The average Bonchev–Trinajstić information content (AvgIpc) is 2.50. The van der Waals surface area contributed by atoms with E-state index in [1.54, 1.807) is 0 Å². The Balaban J connectivity index is 2.85. The van der Waals surface area contributed by atoms with Crippen molar-refractivity contribution in [3.8, 4) is 0 Å². The lowest BCUT2D eigenvalue weighted by molar-refractivity contribution is -0.392. The van der Waals surface area contributed by atoms with Crippen LogP contribution in [0.2, 0.25) is 5.02 Å². The number of hydrogen-bond acceptors (Lipinski definition) is 7. The fraction of sp³-hybridized carbons (Fsp3) is 0.231. The Kier molecular flexibility index (Phi) is 5.17. The van der Waals surface area contributed by atoms with E-state index in [0.29, 0.717) is 0 Å². The molecule has 14 heteroatoms. The van der Waals surface area contributed by atoms with E-state index in [2.05, 4.69) is 15.3 Å². The highest BCUT2D eigenvalue weighted by Crippen LogP contribution is 2.48. The van der Waals surface area contributed by atoms with Crippen LogP contribution in [0.5, 0.6) is 0 Å². The van der Waals surface area contributed by atoms with Crippen molar-refractivity contribution in [3.05, 3.63) is 54.2 Å². The summed E-state index contributed by atoms with van der Waals surface area (Å²) in [7, 11) is 0. The molecule has 0 saturated carbocycles. The molecule has 1 heterocycles. The van der Waals surface area contributed by atoms with Crippen molar-refractivity contribution in [2.75, 3.05) is 5.32 Å². The first kappa shape index (κ1) is 20.2. The van der Waals surface area contributed by atoms with E-state index in [0.717, 1.165) is 0 Å². The first-order valence-electron chi connectivity index (χ1n) is 6.84. The minimum absolute atomic E-state index is 0.0530. The van der Waals surface area contributed by atoms with Gasteiger partial charge in [-0.05, 0) is 13.8 Å². The quantitative estimate of drug-likeness (QED) is 0.342. The van der Waals surface area contributed by atoms with Gasteiger partial charge in [-0.3, -0.25) is 20.2 Å². The lowest BCUT2D eigenvalue weighted by Crippen LogP contribution is -2.12. The molecule has 0 bridgehead atoms. The van der Waals surface area contributed by atoms with Crippen LogP contribution in [0, 0.1) is 40.0 Å². The zero-order valence-corrected chi connectivity index (χ0v) is 14.1. The first-order chi connectivity index (χ1) is 12.3. The summed E-state index contributed by atoms with van der Waals surface area (Å²) in [5.41, 5.74) is -5.66. The smallest absolute Gasteiger partial charge is 0.328 e. The van der Waals surface area contributed by atoms with Crippen LogP contribution in [0.3, 0.4) is 0 Å². The van der Waals surface area contributed by atoms with Gasteiger partial charge in [-0.1, -0.05) is 11.6 Å². The van der Waals surface area contributed by atoms with Crippen molar-refractivity contribution in [1.82, 2.24) is 9.97 Å². The highest BCUT2D eigenvalue weighted by Gasteiger charge is 2.42. The number of rotatable bonds is 4. The lowest BCUT2D eigenvalue weighted by atomic mass is 10.1. The van der Waals surface area contributed by atoms with Crippen molar-refractivity contribution in [2.24, 2.45) is 0 Å². The number of aryl methyl sites for hydroxylation is 1. The molecule has 0 aliphatic rings. The Morgan fingerprint density at radius 2 is 1.74 bits per heavy atom. The van der Waals surface area contributed by atoms with Gasteiger partial charge in [0.15, 0.2) is 5.69 Å². The Morgan fingerprint density at radius 1 is 1.15 bits per heavy atom. The van der Waals surface area contributed by atoms with Gasteiger partial charge in [-0.2, -0.15) is 17.6 Å². The number of alkyl halides is 3. The number of hydrogen-bond donors (Lipinski definition) is 1. The average molecular weight is 410 g/mol. The summed E-state index contributed by atoms with van der Waals surface area (Å²) < 4.78 is 52.9. The number of nitro benzene ring substituents is 2. The third-order valence-electron chi connectivity index (χ3n) is 3.34. The molecule has 2 rings (SSSR count). The Labute approximate surface area is 152 Å². The van der Waals surface area contributed by atoms with Crippen molar-refractivity contribution in [1.29, 1.82) is 0 Å². The number of aromatic nitrogens is 2. The van der Waals surface area contributed by atoms with Gasteiger partial charge in [0.05, 0.1) is 15.4 Å². The predicted octanol–water partition coefficient (Wildman–Crippen LogP) is 4.46. The molecule has 0 atom stereocenters. The third-order valence-corrected chi connectivity index (χ3v) is 3.73. The molecule has 0 aliphatic heterocycles. The molecule has 144 valence electrons. The summed E-state index contributed by atoms with van der Waals surface area (Å²) in [6, 6.07) is 0.0530. The second-order valence-electron chi connectivity index (χ2n) is 5.15. The van der Waals surface area contributed by atoms with Crippen LogP contribution in [0.4, 0.5) is 40.4 Å². The van der Waals surface area contributed by atoms with Gasteiger partial charge in [0, 0.05) is 11.6 Å². The first-order valence-corrected chi connectivity index (χ1v) is 7.22. The third kappa shape index (κ3) is 3.86. The van der Waals surface area contributed by atoms with Crippen molar-refractivity contribution in [2.45, 2.75) is 20.0 Å². The van der Waals surface area contributed by atoms with Gasteiger partial charge >= 0.3 is 17.6 Å². The van der Waals surface area contributed by atoms with Crippen LogP contribution in [-0.2, 0) is 6.18 Å². The minimum atomic E-state index is -5.18. The molecule has 0 unspecified atom stereocenters. The molecule has 0 fully saturated rings. The Hall–Kier alpha value is -3.09. The normalized spacial score (nSPS) is 11.4. The van der Waals surface area contributed by atoms with E-state index in [-0.39, 0.29) is 17.5 Å². The molecule has 2 aromatic rings. The minimum Gasteiger partial charge on any atom is -0.328 e. The molecule has 0 aliphatic carbocycles. The van der Waals surface area contributed by atoms with Gasteiger partial charge in [-0.15, -0.1) is 0 Å². The number of benzene rings is 1. The van der Waals surface area contributed by atoms with Gasteiger partial charge in [-0.25, -0.2) is 9.97 Å². The van der Waals surface area contributed by atoms with E-state index in [4.69, 9.17) is 11.6 Å². The second kappa shape index (κ2) is 6.90. The summed E-state index contributed by atoms with van der Waals surface area (Å²) in [5.74, 6) is -1.54. The van der Waals surface area contributed by atoms with Gasteiger partial charge in [0.2, 0.25) is 5.95 Å². The van der Waals surface area contributed by atoms with E-state index in [9.17, 15) is 37.8 Å². The molecule has 1 N–H and O–H groups in total. The van der Waals surface area contributed by atoms with Crippen molar-refractivity contribution >= 4 is 34.5 Å². The summed E-state index contributed by atoms with van der Waals surface area (Å²) >= 11 is 5.51. The van der Waals surface area contributed by atoms with E-state index in [1.165, 1.54) is 13.8 Å². The molecule has 0 spiro atoms. The van der Waals surface area contributed by atoms with Crippen molar-refractivity contribution in [3.63, 3.8) is 0 Å². The molecule has 0 radical (unpaired) electrons. The van der Waals surface area contributed by atoms with Crippen LogP contribution < -0.4 is 5.32 Å². The van der Waals surface area contributed by atoms with Gasteiger partial charge < -0.3 is 5.32 Å². The molecule has 27 heavy (non-hydrogen) atoms. The number of anilines is 2. The van der Waals surface area contributed by atoms with Gasteiger partial charge in [0.25, 0.3) is 0 Å². The predicted molar refractivity (Wildman–Crippen MR) is 84.5 cm³/mol. The highest BCUT2D eigenvalue weighted by molar-refractivity contribution is 6.34. The maximum atomic E-state index is 13.7. The molecular formula is C13H8ClF4N5O4. The maximum absolute atomic E-state index is 13.7. The number of nitro groups is 2. The summed E-state index contributed by atoms with van der Waals surface area (Å²) in [6.45, 7) is 2.44. The molecule has 1 aromatic carbocycles. The maximum Gasteiger partial charge on any atom is 0.418 e. The van der Waals surface area contributed by atoms with Crippen molar-refractivity contribution < 1.29 is 27.4 Å². The Bertz CT molecular complexity index is 967. The monoisotopic (exact) mass is 409 g/mol. The number of nitrogens with zero attached hydrogens (tertiary/aromatic N) is 4. The van der Waals surface area contributed by atoms with Crippen LogP contribution in [0.25, 0.3) is 0 Å². The second-order valence-corrected chi connectivity index (χ2v) is 5.53. The van der Waals surface area contributed by atoms with E-state index in [1.807, 2.05) is 0 Å². The topological polar surface area (TPSA) is 124 Å². The standard InChI is InChI=1S/C13H8ClF4N5O4/c1-4-11(15)19-5(2)20-12(4)21-9-7(22(24)25)3-6(13(16,17)18)8(14)10(9)23(26)27/h3H,1-2H3,(H,19,20,21). The number of halogens is 5. The molecule has 9 nitrogen and oxygen atoms in total. The zero-order chi connectivity index (χ0) is 20.7. The van der Waals surface area contributed by atoms with Crippen LogP contribution in [0.15, 0.2) is 6.07 Å². The highest BCUT2D eigenvalue weighted by atomic mass is 35.5. The van der Waals surface area contributed by atoms with Crippen LogP contribution >= 0.6 is 11.6 Å². The summed E-state index contributed by atoms with van der Waals surface area (Å²) in [5, 5.41) is 23.3. The molecule has 1 aromatic heterocycles. The van der Waals surface area contributed by atoms with Gasteiger partial charge in [0.1, 0.15) is 16.7 Å². The summed E-state index contributed by atoms with van der Waals surface area (Å²) in [4.78, 5) is 27.1. The fourth-order valence-electron chi connectivity index (χ4n) is 2.11. The lowest BCUT2D eigenvalue weighted by Gasteiger charge is -2.14. The molecule has 0 amide bonds. The molecule has 0 saturated heterocycles. The SMILES string of the molecule is Cc1nc(F)c(C)c(Nc2c([N+](=O)[O-])cc(C(F)(F)F)c(Cl)c2[N+](=O)[O-])n1. The van der Waals surface area contributed by atoms with E-state index < -0.39 is 55.4 Å². The summed E-state index contributed by atoms with van der Waals surface area (Å²) in [6.07, 6.45) is -5.18. The largest absolute Gasteiger partial charge is 0.418 e. The van der Waals surface area contributed by atoms with Crippen LogP contribution in [-0.4, -0.2) is 19.8 Å². The number of nitrogens with one attached hydrogen (secondary N) is 1. The molecular weight excluding hydrogens is 402 g/mol. The Morgan fingerprint density at radius 3 is 2.22 bits per heavy atom.